The molecule has 0 spiro atoms. The van der Waals surface area contributed by atoms with Crippen molar-refractivity contribution in [3.63, 3.8) is 0 Å². The minimum atomic E-state index is -1.07. The normalized spacial score (nSPS) is 54.5. The maximum Gasteiger partial charge on any atom is 0.312 e. The van der Waals surface area contributed by atoms with Gasteiger partial charge in [0, 0.05) is 12.0 Å². The van der Waals surface area contributed by atoms with Gasteiger partial charge in [-0.05, 0) is 105 Å². The van der Waals surface area contributed by atoms with Crippen molar-refractivity contribution in [2.24, 2.45) is 50.7 Å². The van der Waals surface area contributed by atoms with E-state index in [0.717, 1.165) is 44.9 Å². The fourth-order valence-electron chi connectivity index (χ4n) is 10.5. The van der Waals surface area contributed by atoms with E-state index < -0.39 is 17.5 Å². The molecule has 0 aromatic carbocycles. The Bertz CT molecular complexity index is 951. The summed E-state index contributed by atoms with van der Waals surface area (Å²) in [4.78, 5) is 12.5. The molecule has 2 unspecified atom stereocenters. The van der Waals surface area contributed by atoms with E-state index in [-0.39, 0.29) is 34.2 Å². The van der Waals surface area contributed by atoms with Crippen LogP contribution in [0, 0.1) is 50.7 Å². The average molecular weight is 471 g/mol. The zero-order valence-corrected chi connectivity index (χ0v) is 22.2. The lowest BCUT2D eigenvalue weighted by molar-refractivity contribution is -0.216. The highest BCUT2D eigenvalue weighted by Crippen LogP contribution is 2.75. The standard InChI is InChI=1S/C30H46O4/c1-18-9-14-30(17-31)16-15-27(4)20(24(30)19(18)2)7-8-21-26(3)12-11-23(32)29(6,25(33)34)22(26)10-13-28(21,27)5/h7,9,19,21-24,31-32H,8,10-17H2,1-6H3,(H,33,34)/t19-,21-,22?,23+,24?,26-,27-,28-,29+,30-/m1/s1. The summed E-state index contributed by atoms with van der Waals surface area (Å²) < 4.78 is 0. The van der Waals surface area contributed by atoms with Gasteiger partial charge in [-0.2, -0.15) is 0 Å². The first-order valence-corrected chi connectivity index (χ1v) is 13.7. The Labute approximate surface area is 205 Å². The minimum absolute atomic E-state index is 0.00298. The van der Waals surface area contributed by atoms with Crippen LogP contribution in [0.1, 0.15) is 92.9 Å². The van der Waals surface area contributed by atoms with Crippen molar-refractivity contribution in [3.05, 3.63) is 23.3 Å². The maximum absolute atomic E-state index is 12.5. The van der Waals surface area contributed by atoms with Crippen LogP contribution in [-0.4, -0.2) is 34.0 Å². The zero-order chi connectivity index (χ0) is 24.9. The summed E-state index contributed by atoms with van der Waals surface area (Å²) in [6.45, 7) is 14.1. The fraction of sp³-hybridized carbons (Fsp3) is 0.833. The molecule has 0 aliphatic heterocycles. The van der Waals surface area contributed by atoms with Crippen LogP contribution in [0.4, 0.5) is 0 Å². The number of aliphatic hydroxyl groups is 2. The van der Waals surface area contributed by atoms with Crippen molar-refractivity contribution in [2.75, 3.05) is 6.61 Å². The third-order valence-corrected chi connectivity index (χ3v) is 13.1. The average Bonchev–Trinajstić information content (AvgIpc) is 2.79. The van der Waals surface area contributed by atoms with Crippen LogP contribution in [0.15, 0.2) is 23.3 Å². The number of rotatable bonds is 2. The quantitative estimate of drug-likeness (QED) is 0.434. The molecule has 0 amide bonds. The van der Waals surface area contributed by atoms with Crippen LogP contribution >= 0.6 is 0 Å². The molecule has 4 heteroatoms. The van der Waals surface area contributed by atoms with Gasteiger partial charge >= 0.3 is 5.97 Å². The Morgan fingerprint density at radius 1 is 1.03 bits per heavy atom. The third-order valence-electron chi connectivity index (χ3n) is 13.1. The number of hydrogen-bond donors (Lipinski definition) is 3. The van der Waals surface area contributed by atoms with Crippen molar-refractivity contribution in [1.82, 2.24) is 0 Å². The maximum atomic E-state index is 12.5. The highest BCUT2D eigenvalue weighted by Gasteiger charge is 2.69. The highest BCUT2D eigenvalue weighted by atomic mass is 16.4. The zero-order valence-electron chi connectivity index (χ0n) is 22.2. The number of fused-ring (bicyclic) bond motifs is 7. The monoisotopic (exact) mass is 470 g/mol. The first kappa shape index (κ1) is 24.6. The second kappa shape index (κ2) is 7.44. The van der Waals surface area contributed by atoms with Gasteiger partial charge in [0.05, 0.1) is 11.5 Å². The largest absolute Gasteiger partial charge is 0.481 e. The molecule has 5 aliphatic rings. The van der Waals surface area contributed by atoms with Crippen LogP contribution in [0.25, 0.3) is 0 Å². The predicted octanol–water partition coefficient (Wildman–Crippen LogP) is 5.98. The molecule has 5 aliphatic carbocycles. The van der Waals surface area contributed by atoms with E-state index in [1.54, 1.807) is 5.57 Å². The summed E-state index contributed by atoms with van der Waals surface area (Å²) in [6.07, 6.45) is 11.7. The van der Waals surface area contributed by atoms with Crippen LogP contribution in [0.5, 0.6) is 0 Å². The van der Waals surface area contributed by atoms with Gasteiger partial charge in [-0.1, -0.05) is 51.0 Å². The Morgan fingerprint density at radius 2 is 1.74 bits per heavy atom. The molecule has 0 aromatic heterocycles. The van der Waals surface area contributed by atoms with E-state index in [1.165, 1.54) is 5.57 Å². The van der Waals surface area contributed by atoms with Gasteiger partial charge in [0.25, 0.3) is 0 Å². The summed E-state index contributed by atoms with van der Waals surface area (Å²) in [5, 5.41) is 31.8. The number of carbonyl (C=O) groups is 1. The number of carboxylic acids is 1. The lowest BCUT2D eigenvalue weighted by Crippen LogP contribution is -2.66. The molecule has 190 valence electrons. The number of allylic oxidation sites excluding steroid dienone is 4. The van der Waals surface area contributed by atoms with Gasteiger partial charge < -0.3 is 15.3 Å². The van der Waals surface area contributed by atoms with Crippen molar-refractivity contribution < 1.29 is 20.1 Å². The molecule has 0 radical (unpaired) electrons. The fourth-order valence-corrected chi connectivity index (χ4v) is 10.5. The Kier molecular flexibility index (Phi) is 5.38. The van der Waals surface area contributed by atoms with E-state index in [1.807, 2.05) is 6.92 Å². The number of carboxylic acid groups (broad SMARTS) is 1. The molecule has 10 atom stereocenters. The molecule has 3 fully saturated rings. The first-order valence-electron chi connectivity index (χ1n) is 13.7. The van der Waals surface area contributed by atoms with Crippen LogP contribution in [-0.2, 0) is 4.79 Å². The minimum Gasteiger partial charge on any atom is -0.481 e. The summed E-state index contributed by atoms with van der Waals surface area (Å²) in [5.74, 6) is 0.412. The molecule has 0 bridgehead atoms. The van der Waals surface area contributed by atoms with Gasteiger partial charge in [-0.25, -0.2) is 0 Å². The van der Waals surface area contributed by atoms with Crippen molar-refractivity contribution in [2.45, 2.75) is 99.0 Å². The predicted molar refractivity (Wildman–Crippen MR) is 134 cm³/mol. The number of aliphatic carboxylic acids is 1. The smallest absolute Gasteiger partial charge is 0.312 e. The highest BCUT2D eigenvalue weighted by molar-refractivity contribution is 5.76. The van der Waals surface area contributed by atoms with Crippen molar-refractivity contribution in [1.29, 1.82) is 0 Å². The van der Waals surface area contributed by atoms with Gasteiger partial charge in [0.2, 0.25) is 0 Å². The lowest BCUT2D eigenvalue weighted by atomic mass is 9.33. The summed E-state index contributed by atoms with van der Waals surface area (Å²) in [5.41, 5.74) is 2.01. The molecule has 3 saturated carbocycles. The second-order valence-electron chi connectivity index (χ2n) is 13.9. The SMILES string of the molecule is CC1=CC[C@]2(CO)CC[C@]3(C)C(=CC[C@@H]4[C@@]5(C)CC[C@H](O)[C@@](C)(C(=O)O)C5CC[C@]43C)C2[C@@H]1C. The molecule has 3 N–H and O–H groups in total. The Morgan fingerprint density at radius 3 is 2.38 bits per heavy atom. The van der Waals surface area contributed by atoms with Gasteiger partial charge in [-0.15, -0.1) is 0 Å². The van der Waals surface area contributed by atoms with Gasteiger partial charge in [0.15, 0.2) is 0 Å². The van der Waals surface area contributed by atoms with Crippen LogP contribution < -0.4 is 0 Å². The Hall–Kier alpha value is -1.13. The van der Waals surface area contributed by atoms with E-state index in [2.05, 4.69) is 46.8 Å². The van der Waals surface area contributed by atoms with Gasteiger partial charge in [-0.3, -0.25) is 4.79 Å². The Balaban J connectivity index is 1.61. The first-order chi connectivity index (χ1) is 15.8. The van der Waals surface area contributed by atoms with Crippen molar-refractivity contribution in [3.8, 4) is 0 Å². The number of hydrogen-bond acceptors (Lipinski definition) is 3. The molecule has 0 heterocycles. The van der Waals surface area contributed by atoms with Gasteiger partial charge in [0.1, 0.15) is 0 Å². The van der Waals surface area contributed by atoms with Crippen LogP contribution in [0.2, 0.25) is 0 Å². The molecule has 34 heavy (non-hydrogen) atoms. The summed E-state index contributed by atoms with van der Waals surface area (Å²) in [7, 11) is 0. The number of aliphatic hydroxyl groups excluding tert-OH is 2. The second-order valence-corrected chi connectivity index (χ2v) is 13.9. The van der Waals surface area contributed by atoms with E-state index in [0.29, 0.717) is 24.2 Å². The lowest BCUT2D eigenvalue weighted by Gasteiger charge is -2.71. The summed E-state index contributed by atoms with van der Waals surface area (Å²) >= 11 is 0. The van der Waals surface area contributed by atoms with Crippen LogP contribution in [0.3, 0.4) is 0 Å². The third kappa shape index (κ3) is 2.71. The molecular formula is C30H46O4. The van der Waals surface area contributed by atoms with E-state index >= 15 is 0 Å². The molecule has 5 rings (SSSR count). The van der Waals surface area contributed by atoms with Crippen molar-refractivity contribution >= 4 is 5.97 Å². The molecule has 0 saturated heterocycles. The van der Waals surface area contributed by atoms with E-state index in [4.69, 9.17) is 0 Å². The topological polar surface area (TPSA) is 77.8 Å². The molecular weight excluding hydrogens is 424 g/mol. The molecule has 0 aromatic rings. The summed E-state index contributed by atoms with van der Waals surface area (Å²) in [6, 6.07) is 0. The van der Waals surface area contributed by atoms with E-state index in [9.17, 15) is 20.1 Å². The molecule has 4 nitrogen and oxygen atoms in total.